The van der Waals surface area contributed by atoms with Crippen molar-refractivity contribution in [1.29, 1.82) is 0 Å². The zero-order chi connectivity index (χ0) is 33.7. The van der Waals surface area contributed by atoms with E-state index in [0.717, 1.165) is 23.6 Å². The lowest BCUT2D eigenvalue weighted by atomic mass is 9.37. The number of aliphatic hydroxyl groups is 1. The van der Waals surface area contributed by atoms with Gasteiger partial charge in [0, 0.05) is 12.0 Å². The molecule has 0 radical (unpaired) electrons. The van der Waals surface area contributed by atoms with Crippen molar-refractivity contribution < 1.29 is 34.4 Å². The summed E-state index contributed by atoms with van der Waals surface area (Å²) in [4.78, 5) is 45.6. The maximum Gasteiger partial charge on any atom is 0.200 e. The standard InChI is InChI=1S/C38H50O7/c1-20(2)11-13-23-18-37(27-16-14-24(21(3)4)34(27,5)6)31(42)29(30(41)22-12-15-25(39)26(40)17-22)32-38(33(37)43,35(23,7)8)19-28(45-32)36(9,10)44/h11-12,15,17,23-24,27-28,39-40,44H,3,13-14,16,18-19H2,1-2,4-10H3/t23-,24+,27+,28-,37+,38+/m0/s1. The van der Waals surface area contributed by atoms with Crippen LogP contribution in [0.4, 0.5) is 0 Å². The number of ether oxygens (including phenoxy) is 1. The van der Waals surface area contributed by atoms with E-state index in [1.807, 2.05) is 20.8 Å². The summed E-state index contributed by atoms with van der Waals surface area (Å²) in [5, 5.41) is 31.6. The van der Waals surface area contributed by atoms with Gasteiger partial charge in [-0.3, -0.25) is 14.4 Å². The summed E-state index contributed by atoms with van der Waals surface area (Å²) in [5.74, 6) is -2.54. The van der Waals surface area contributed by atoms with Crippen LogP contribution in [0.2, 0.25) is 0 Å². The number of carbonyl (C=O) groups excluding carboxylic acids is 3. The van der Waals surface area contributed by atoms with Gasteiger partial charge in [-0.25, -0.2) is 0 Å². The first-order valence-electron chi connectivity index (χ1n) is 16.2. The molecule has 45 heavy (non-hydrogen) atoms. The average Bonchev–Trinajstić information content (AvgIpc) is 3.48. The highest BCUT2D eigenvalue weighted by molar-refractivity contribution is 6.35. The Balaban J connectivity index is 1.87. The second-order valence-electron chi connectivity index (χ2n) is 16.2. The van der Waals surface area contributed by atoms with Crippen LogP contribution < -0.4 is 0 Å². The van der Waals surface area contributed by atoms with E-state index >= 15 is 9.59 Å². The maximum absolute atomic E-state index is 15.6. The summed E-state index contributed by atoms with van der Waals surface area (Å²) in [7, 11) is 0. The number of carbonyl (C=O) groups is 3. The number of fused-ring (bicyclic) bond motifs is 1. The minimum absolute atomic E-state index is 0.0126. The lowest BCUT2D eigenvalue weighted by molar-refractivity contribution is -0.175. The van der Waals surface area contributed by atoms with Crippen molar-refractivity contribution >= 4 is 17.3 Å². The molecule has 3 N–H and O–H groups in total. The van der Waals surface area contributed by atoms with Crippen LogP contribution in [0.25, 0.3) is 0 Å². The molecular weight excluding hydrogens is 568 g/mol. The molecule has 1 spiro atoms. The molecule has 1 heterocycles. The smallest absolute Gasteiger partial charge is 0.200 e. The molecule has 4 aliphatic rings. The SMILES string of the molecule is C=C(C)[C@H]1CC[C@@H]([C@]23C[C@H](CC=C(C)C)C(C)(C)[C@@]4(C[C@@H](C(C)(C)O)OC4=C(C(=O)c4ccc(O)c(O)c4)C2=O)C3=O)C1(C)C. The van der Waals surface area contributed by atoms with Crippen molar-refractivity contribution in [2.75, 3.05) is 0 Å². The first-order valence-corrected chi connectivity index (χ1v) is 16.2. The average molecular weight is 619 g/mol. The topological polar surface area (TPSA) is 121 Å². The van der Waals surface area contributed by atoms with Gasteiger partial charge in [0.15, 0.2) is 28.8 Å². The number of allylic oxidation sites excluding steroid dienone is 5. The molecule has 1 aromatic rings. The van der Waals surface area contributed by atoms with E-state index in [1.165, 1.54) is 12.1 Å². The number of rotatable bonds is 7. The molecule has 5 rings (SSSR count). The Kier molecular flexibility index (Phi) is 7.68. The molecule has 1 aliphatic heterocycles. The Bertz CT molecular complexity index is 1550. The molecule has 0 aromatic heterocycles. The molecule has 3 aliphatic carbocycles. The molecular formula is C38H50O7. The first-order chi connectivity index (χ1) is 20.7. The normalized spacial score (nSPS) is 33.5. The fraction of sp³-hybridized carbons (Fsp3) is 0.605. The monoisotopic (exact) mass is 618 g/mol. The number of aromatic hydroxyl groups is 2. The highest BCUT2D eigenvalue weighted by Crippen LogP contribution is 2.73. The van der Waals surface area contributed by atoms with E-state index in [2.05, 4.69) is 40.3 Å². The van der Waals surface area contributed by atoms with Crippen LogP contribution in [-0.2, 0) is 14.3 Å². The lowest BCUT2D eigenvalue weighted by Gasteiger charge is -2.62. The van der Waals surface area contributed by atoms with Crippen LogP contribution in [0.1, 0.15) is 105 Å². The van der Waals surface area contributed by atoms with Crippen molar-refractivity contribution in [3.63, 3.8) is 0 Å². The number of ketones is 3. The third kappa shape index (κ3) is 4.50. The van der Waals surface area contributed by atoms with Crippen LogP contribution in [0.3, 0.4) is 0 Å². The molecule has 7 nitrogen and oxygen atoms in total. The van der Waals surface area contributed by atoms with Crippen molar-refractivity contribution in [1.82, 2.24) is 0 Å². The van der Waals surface area contributed by atoms with E-state index in [-0.39, 0.29) is 52.6 Å². The minimum Gasteiger partial charge on any atom is -0.504 e. The van der Waals surface area contributed by atoms with Gasteiger partial charge in [0.25, 0.3) is 0 Å². The third-order valence-electron chi connectivity index (χ3n) is 12.3. The number of Topliss-reactive ketones (excluding diaryl/α,β-unsaturated/α-hetero) is 3. The van der Waals surface area contributed by atoms with Crippen LogP contribution in [0.5, 0.6) is 11.5 Å². The van der Waals surface area contributed by atoms with E-state index in [4.69, 9.17) is 4.74 Å². The molecule has 0 unspecified atom stereocenters. The number of hydrogen-bond acceptors (Lipinski definition) is 7. The summed E-state index contributed by atoms with van der Waals surface area (Å²) in [5.41, 5.74) is -3.40. The van der Waals surface area contributed by atoms with Gasteiger partial charge in [-0.1, -0.05) is 51.5 Å². The summed E-state index contributed by atoms with van der Waals surface area (Å²) < 4.78 is 6.51. The summed E-state index contributed by atoms with van der Waals surface area (Å²) in [6.07, 6.45) is 3.87. The minimum atomic E-state index is -1.49. The van der Waals surface area contributed by atoms with Crippen LogP contribution in [0.15, 0.2) is 53.3 Å². The zero-order valence-corrected chi connectivity index (χ0v) is 28.3. The molecule has 0 amide bonds. The molecule has 7 heteroatoms. The fourth-order valence-corrected chi connectivity index (χ4v) is 9.67. The van der Waals surface area contributed by atoms with Gasteiger partial charge in [-0.15, -0.1) is 0 Å². The van der Waals surface area contributed by atoms with Gasteiger partial charge in [0.2, 0.25) is 0 Å². The van der Waals surface area contributed by atoms with Gasteiger partial charge in [-0.05, 0) is 107 Å². The van der Waals surface area contributed by atoms with Gasteiger partial charge in [-0.2, -0.15) is 0 Å². The number of phenolic OH excluding ortho intramolecular Hbond substituents is 2. The second kappa shape index (κ2) is 10.4. The number of hydrogen-bond donors (Lipinski definition) is 3. The van der Waals surface area contributed by atoms with Gasteiger partial charge in [0.05, 0.1) is 16.4 Å². The molecule has 6 atom stereocenters. The van der Waals surface area contributed by atoms with Crippen molar-refractivity contribution in [3.8, 4) is 11.5 Å². The Morgan fingerprint density at radius 3 is 2.22 bits per heavy atom. The summed E-state index contributed by atoms with van der Waals surface area (Å²) in [6.45, 7) is 21.9. The Morgan fingerprint density at radius 1 is 1.04 bits per heavy atom. The first kappa shape index (κ1) is 33.2. The highest BCUT2D eigenvalue weighted by Gasteiger charge is 2.78. The Morgan fingerprint density at radius 2 is 1.69 bits per heavy atom. The fourth-order valence-electron chi connectivity index (χ4n) is 9.67. The highest BCUT2D eigenvalue weighted by atomic mass is 16.5. The number of benzene rings is 1. The summed E-state index contributed by atoms with van der Waals surface area (Å²) in [6, 6.07) is 3.72. The molecule has 1 aromatic carbocycles. The molecule has 1 saturated heterocycles. The van der Waals surface area contributed by atoms with Gasteiger partial charge in [0.1, 0.15) is 17.4 Å². The van der Waals surface area contributed by atoms with Gasteiger partial charge < -0.3 is 20.1 Å². The molecule has 244 valence electrons. The van der Waals surface area contributed by atoms with Crippen LogP contribution in [0, 0.1) is 39.4 Å². The zero-order valence-electron chi connectivity index (χ0n) is 28.3. The van der Waals surface area contributed by atoms with Crippen LogP contribution in [-0.4, -0.2) is 44.4 Å². The predicted octanol–water partition coefficient (Wildman–Crippen LogP) is 7.25. The summed E-state index contributed by atoms with van der Waals surface area (Å²) >= 11 is 0. The Labute approximate surface area is 267 Å². The van der Waals surface area contributed by atoms with E-state index in [0.29, 0.717) is 19.3 Å². The molecule has 2 bridgehead atoms. The molecule has 3 fully saturated rings. The van der Waals surface area contributed by atoms with E-state index in [1.54, 1.807) is 13.8 Å². The predicted molar refractivity (Wildman–Crippen MR) is 173 cm³/mol. The van der Waals surface area contributed by atoms with Crippen LogP contribution >= 0.6 is 0 Å². The number of phenols is 2. The molecule has 2 saturated carbocycles. The Hall–Kier alpha value is -3.19. The van der Waals surface area contributed by atoms with E-state index < -0.39 is 50.7 Å². The van der Waals surface area contributed by atoms with Crippen molar-refractivity contribution in [3.05, 3.63) is 58.9 Å². The van der Waals surface area contributed by atoms with E-state index in [9.17, 15) is 20.1 Å². The lowest BCUT2D eigenvalue weighted by Crippen LogP contribution is -2.68. The largest absolute Gasteiger partial charge is 0.504 e. The second-order valence-corrected chi connectivity index (χ2v) is 16.2. The van der Waals surface area contributed by atoms with Crippen molar-refractivity contribution in [2.45, 2.75) is 106 Å². The third-order valence-corrected chi connectivity index (χ3v) is 12.3. The van der Waals surface area contributed by atoms with Crippen molar-refractivity contribution in [2.24, 2.45) is 39.4 Å². The maximum atomic E-state index is 15.6. The quantitative estimate of drug-likeness (QED) is 0.0968. The van der Waals surface area contributed by atoms with Gasteiger partial charge >= 0.3 is 0 Å².